The molecule has 0 aromatic heterocycles. The lowest BCUT2D eigenvalue weighted by molar-refractivity contribution is -0.120. The van der Waals surface area contributed by atoms with Crippen molar-refractivity contribution < 1.29 is 14.3 Å². The summed E-state index contributed by atoms with van der Waals surface area (Å²) >= 11 is 6.01. The topological polar surface area (TPSA) is 49.9 Å². The van der Waals surface area contributed by atoms with Crippen molar-refractivity contribution in [3.63, 3.8) is 0 Å². The summed E-state index contributed by atoms with van der Waals surface area (Å²) in [5.74, 6) is -0.0391. The third-order valence-corrected chi connectivity index (χ3v) is 5.49. The Morgan fingerprint density at radius 2 is 1.53 bits per heavy atom. The van der Waals surface area contributed by atoms with Gasteiger partial charge in [-0.3, -0.25) is 9.59 Å². The predicted molar refractivity (Wildman–Crippen MR) is 128 cm³/mol. The van der Waals surface area contributed by atoms with Crippen LogP contribution in [0.4, 0.5) is 11.4 Å². The van der Waals surface area contributed by atoms with Crippen molar-refractivity contribution in [1.82, 2.24) is 0 Å². The fourth-order valence-corrected chi connectivity index (χ4v) is 3.76. The van der Waals surface area contributed by atoms with Crippen molar-refractivity contribution in [2.75, 3.05) is 23.5 Å². The molecule has 3 aromatic rings. The minimum absolute atomic E-state index is 0.318. The van der Waals surface area contributed by atoms with Gasteiger partial charge in [-0.1, -0.05) is 48.9 Å². The molecule has 0 fully saturated rings. The van der Waals surface area contributed by atoms with E-state index in [1.54, 1.807) is 36.2 Å². The Bertz CT molecular complexity index is 1160. The van der Waals surface area contributed by atoms with E-state index in [9.17, 15) is 9.59 Å². The first-order chi connectivity index (χ1) is 15.5. The summed E-state index contributed by atoms with van der Waals surface area (Å²) in [6.45, 7) is 2.66. The molecule has 3 aromatic carbocycles. The van der Waals surface area contributed by atoms with E-state index in [1.165, 1.54) is 4.90 Å². The van der Waals surface area contributed by atoms with Gasteiger partial charge < -0.3 is 9.64 Å². The van der Waals surface area contributed by atoms with Crippen LogP contribution in [-0.2, 0) is 9.59 Å². The van der Waals surface area contributed by atoms with Crippen LogP contribution in [0.15, 0.2) is 84.6 Å². The zero-order chi connectivity index (χ0) is 22.7. The molecule has 4 rings (SSSR count). The summed E-state index contributed by atoms with van der Waals surface area (Å²) < 4.78 is 5.66. The lowest BCUT2D eigenvalue weighted by Gasteiger charge is -2.21. The molecule has 32 heavy (non-hydrogen) atoms. The predicted octanol–water partition coefficient (Wildman–Crippen LogP) is 5.55. The molecule has 1 heterocycles. The van der Waals surface area contributed by atoms with E-state index in [0.29, 0.717) is 34.2 Å². The Hall–Kier alpha value is -3.57. The van der Waals surface area contributed by atoms with Crippen molar-refractivity contribution in [1.29, 1.82) is 0 Å². The molecule has 0 saturated heterocycles. The van der Waals surface area contributed by atoms with E-state index in [-0.39, 0.29) is 11.8 Å². The molecule has 5 nitrogen and oxygen atoms in total. The highest BCUT2D eigenvalue weighted by Gasteiger charge is 2.42. The number of benzene rings is 3. The van der Waals surface area contributed by atoms with Crippen molar-refractivity contribution in [3.8, 4) is 5.75 Å². The van der Waals surface area contributed by atoms with Crippen LogP contribution in [0.3, 0.4) is 0 Å². The summed E-state index contributed by atoms with van der Waals surface area (Å²) in [6.07, 6.45) is 0.905. The smallest absolute Gasteiger partial charge is 0.282 e. The number of nitrogens with zero attached hydrogens (tertiary/aromatic N) is 2. The molecule has 2 amide bonds. The van der Waals surface area contributed by atoms with E-state index in [4.69, 9.17) is 16.3 Å². The van der Waals surface area contributed by atoms with E-state index in [1.807, 2.05) is 61.5 Å². The molecule has 0 radical (unpaired) electrons. The standard InChI is InChI=1S/C26H23ClN2O3/c1-3-17-32-22-15-9-18(10-16-22)23-24(28(2)20-7-5-4-6-8-20)26(31)29(25(23)30)21-13-11-19(27)12-14-21/h4-16H,3,17H2,1-2H3. The van der Waals surface area contributed by atoms with Crippen molar-refractivity contribution in [2.24, 2.45) is 0 Å². The minimum atomic E-state index is -0.384. The van der Waals surface area contributed by atoms with E-state index in [0.717, 1.165) is 17.9 Å². The second-order valence-electron chi connectivity index (χ2n) is 7.41. The number of carbonyl (C=O) groups is 2. The van der Waals surface area contributed by atoms with Crippen molar-refractivity contribution >= 4 is 40.4 Å². The SMILES string of the molecule is CCCOc1ccc(C2=C(N(C)c3ccccc3)C(=O)N(c3ccc(Cl)cc3)C2=O)cc1. The van der Waals surface area contributed by atoms with Crippen LogP contribution in [0.1, 0.15) is 18.9 Å². The first-order valence-corrected chi connectivity index (χ1v) is 10.8. The summed E-state index contributed by atoms with van der Waals surface area (Å²) in [5.41, 5.74) is 2.60. The van der Waals surface area contributed by atoms with Crippen LogP contribution in [0.2, 0.25) is 5.02 Å². The Kier molecular flexibility index (Phi) is 6.28. The number of likely N-dealkylation sites (N-methyl/N-ethyl adjacent to an activating group) is 1. The van der Waals surface area contributed by atoms with Gasteiger partial charge in [-0.25, -0.2) is 4.90 Å². The van der Waals surface area contributed by atoms with E-state index >= 15 is 0 Å². The summed E-state index contributed by atoms with van der Waals surface area (Å²) in [5, 5.41) is 0.533. The third kappa shape index (κ3) is 4.12. The lowest BCUT2D eigenvalue weighted by atomic mass is 10.0. The maximum Gasteiger partial charge on any atom is 0.282 e. The normalized spacial score (nSPS) is 13.7. The molecule has 162 valence electrons. The van der Waals surface area contributed by atoms with Gasteiger partial charge in [0.05, 0.1) is 17.9 Å². The highest BCUT2D eigenvalue weighted by atomic mass is 35.5. The van der Waals surface area contributed by atoms with Crippen molar-refractivity contribution in [3.05, 3.63) is 95.1 Å². The maximum atomic E-state index is 13.6. The fourth-order valence-electron chi connectivity index (χ4n) is 3.63. The number of halogens is 1. The van der Waals surface area contributed by atoms with E-state index < -0.39 is 0 Å². The number of imide groups is 1. The average molecular weight is 447 g/mol. The van der Waals surface area contributed by atoms with Gasteiger partial charge in [0.15, 0.2) is 0 Å². The molecular weight excluding hydrogens is 424 g/mol. The lowest BCUT2D eigenvalue weighted by Crippen LogP contribution is -2.34. The molecule has 0 unspecified atom stereocenters. The van der Waals surface area contributed by atoms with Crippen LogP contribution < -0.4 is 14.5 Å². The number of para-hydroxylation sites is 1. The van der Waals surface area contributed by atoms with Crippen LogP contribution in [-0.4, -0.2) is 25.5 Å². The van der Waals surface area contributed by atoms with Gasteiger partial charge in [0, 0.05) is 17.8 Å². The number of ether oxygens (including phenoxy) is 1. The first kappa shape index (κ1) is 21.7. The van der Waals surface area contributed by atoms with Gasteiger partial charge in [0.2, 0.25) is 0 Å². The fraction of sp³-hybridized carbons (Fsp3) is 0.154. The zero-order valence-corrected chi connectivity index (χ0v) is 18.7. The molecule has 0 bridgehead atoms. The van der Waals surface area contributed by atoms with Crippen molar-refractivity contribution in [2.45, 2.75) is 13.3 Å². The Morgan fingerprint density at radius 3 is 2.16 bits per heavy atom. The second-order valence-corrected chi connectivity index (χ2v) is 7.85. The van der Waals surface area contributed by atoms with Crippen LogP contribution in [0.25, 0.3) is 5.57 Å². The van der Waals surface area contributed by atoms with Crippen LogP contribution >= 0.6 is 11.6 Å². The summed E-state index contributed by atoms with van der Waals surface area (Å²) in [4.78, 5) is 30.1. The van der Waals surface area contributed by atoms with Gasteiger partial charge in [-0.05, 0) is 60.5 Å². The molecule has 1 aliphatic rings. The quantitative estimate of drug-likeness (QED) is 0.446. The average Bonchev–Trinajstić information content (AvgIpc) is 3.08. The molecule has 1 aliphatic heterocycles. The largest absolute Gasteiger partial charge is 0.494 e. The zero-order valence-electron chi connectivity index (χ0n) is 17.9. The molecule has 0 spiro atoms. The highest BCUT2D eigenvalue weighted by Crippen LogP contribution is 2.36. The van der Waals surface area contributed by atoms with Gasteiger partial charge in [0.25, 0.3) is 11.8 Å². The van der Waals surface area contributed by atoms with Gasteiger partial charge in [-0.2, -0.15) is 0 Å². The Labute approximate surface area is 192 Å². The minimum Gasteiger partial charge on any atom is -0.494 e. The first-order valence-electron chi connectivity index (χ1n) is 10.4. The van der Waals surface area contributed by atoms with Crippen LogP contribution in [0, 0.1) is 0 Å². The Morgan fingerprint density at radius 1 is 0.875 bits per heavy atom. The summed E-state index contributed by atoms with van der Waals surface area (Å²) in [6, 6.07) is 23.4. The number of anilines is 2. The third-order valence-electron chi connectivity index (χ3n) is 5.24. The number of hydrogen-bond acceptors (Lipinski definition) is 4. The monoisotopic (exact) mass is 446 g/mol. The van der Waals surface area contributed by atoms with E-state index in [2.05, 4.69) is 0 Å². The number of carbonyl (C=O) groups excluding carboxylic acids is 2. The molecule has 6 heteroatoms. The number of amides is 2. The maximum absolute atomic E-state index is 13.6. The Balaban J connectivity index is 1.80. The van der Waals surface area contributed by atoms with Gasteiger partial charge in [0.1, 0.15) is 11.4 Å². The molecule has 0 N–H and O–H groups in total. The highest BCUT2D eigenvalue weighted by molar-refractivity contribution is 6.46. The number of rotatable bonds is 7. The summed E-state index contributed by atoms with van der Waals surface area (Å²) in [7, 11) is 1.79. The van der Waals surface area contributed by atoms with Crippen LogP contribution in [0.5, 0.6) is 5.75 Å². The molecule has 0 atom stereocenters. The van der Waals surface area contributed by atoms with Gasteiger partial charge >= 0.3 is 0 Å². The molecule has 0 saturated carbocycles. The second kappa shape index (κ2) is 9.28. The number of hydrogen-bond donors (Lipinski definition) is 0. The molecule has 0 aliphatic carbocycles. The molecular formula is C26H23ClN2O3. The van der Waals surface area contributed by atoms with Gasteiger partial charge in [-0.15, -0.1) is 0 Å².